The number of nitrogens with one attached hydrogen (secondary N) is 1. The molecule has 0 bridgehead atoms. The summed E-state index contributed by atoms with van der Waals surface area (Å²) in [4.78, 5) is 0. The topological polar surface area (TPSA) is 32.3 Å². The predicted molar refractivity (Wildman–Crippen MR) is 46.8 cm³/mol. The zero-order valence-corrected chi connectivity index (χ0v) is 7.43. The van der Waals surface area contributed by atoms with E-state index < -0.39 is 0 Å². The van der Waals surface area contributed by atoms with E-state index in [-0.39, 0.29) is 12.8 Å². The highest BCUT2D eigenvalue weighted by Gasteiger charge is 2.21. The van der Waals surface area contributed by atoms with Gasteiger partial charge in [-0.1, -0.05) is 12.8 Å². The first kappa shape index (κ1) is 9.93. The third-order valence-electron chi connectivity index (χ3n) is 2.55. The Bertz CT molecular complexity index is 121. The van der Waals surface area contributed by atoms with E-state index in [1.165, 1.54) is 6.42 Å². The highest BCUT2D eigenvalue weighted by atomic mass is 19.1. The van der Waals surface area contributed by atoms with Crippen molar-refractivity contribution in [1.29, 1.82) is 0 Å². The Morgan fingerprint density at radius 1 is 1.33 bits per heavy atom. The Kier molecular flexibility index (Phi) is 4.54. The van der Waals surface area contributed by atoms with E-state index in [1.807, 2.05) is 0 Å². The van der Waals surface area contributed by atoms with E-state index in [4.69, 9.17) is 0 Å². The van der Waals surface area contributed by atoms with Crippen molar-refractivity contribution in [2.75, 3.05) is 19.8 Å². The van der Waals surface area contributed by atoms with Gasteiger partial charge in [-0.25, -0.2) is 4.39 Å². The summed E-state index contributed by atoms with van der Waals surface area (Å²) in [5.41, 5.74) is 0. The van der Waals surface area contributed by atoms with Crippen molar-refractivity contribution in [3.63, 3.8) is 0 Å². The third kappa shape index (κ3) is 3.07. The van der Waals surface area contributed by atoms with E-state index in [0.717, 1.165) is 25.8 Å². The summed E-state index contributed by atoms with van der Waals surface area (Å²) in [6.45, 7) is 0.872. The molecule has 0 aromatic carbocycles. The van der Waals surface area contributed by atoms with E-state index >= 15 is 0 Å². The Morgan fingerprint density at radius 3 is 2.75 bits per heavy atom. The number of aliphatic hydroxyl groups is 1. The van der Waals surface area contributed by atoms with Crippen LogP contribution in [-0.2, 0) is 0 Å². The average molecular weight is 175 g/mol. The summed E-state index contributed by atoms with van der Waals surface area (Å²) >= 11 is 0. The van der Waals surface area contributed by atoms with Crippen molar-refractivity contribution in [3.05, 3.63) is 0 Å². The van der Waals surface area contributed by atoms with Gasteiger partial charge in [0.15, 0.2) is 0 Å². The van der Waals surface area contributed by atoms with Crippen molar-refractivity contribution in [3.8, 4) is 0 Å². The normalized spacial score (nSPS) is 30.5. The average Bonchev–Trinajstić information content (AvgIpc) is 2.09. The summed E-state index contributed by atoms with van der Waals surface area (Å²) in [6, 6.07) is 0. The van der Waals surface area contributed by atoms with Gasteiger partial charge >= 0.3 is 0 Å². The molecule has 72 valence electrons. The molecule has 0 aliphatic heterocycles. The van der Waals surface area contributed by atoms with Crippen molar-refractivity contribution in [1.82, 2.24) is 5.32 Å². The molecular formula is C9H18FNO. The van der Waals surface area contributed by atoms with Gasteiger partial charge in [0.25, 0.3) is 0 Å². The lowest BCUT2D eigenvalue weighted by atomic mass is 9.86. The predicted octanol–water partition coefficient (Wildman–Crippen LogP) is 1.10. The second-order valence-electron chi connectivity index (χ2n) is 3.50. The molecule has 1 aliphatic rings. The smallest absolute Gasteiger partial charge is 0.102 e. The maximum Gasteiger partial charge on any atom is 0.102 e. The first-order valence-electron chi connectivity index (χ1n) is 4.79. The molecule has 2 nitrogen and oxygen atoms in total. The first-order valence-corrected chi connectivity index (χ1v) is 4.79. The second kappa shape index (κ2) is 5.49. The van der Waals surface area contributed by atoms with Crippen LogP contribution in [0.15, 0.2) is 0 Å². The fourth-order valence-corrected chi connectivity index (χ4v) is 1.78. The van der Waals surface area contributed by atoms with Crippen molar-refractivity contribution < 1.29 is 9.50 Å². The van der Waals surface area contributed by atoms with Crippen LogP contribution >= 0.6 is 0 Å². The number of aliphatic hydroxyl groups excluding tert-OH is 1. The fraction of sp³-hybridized carbons (Fsp3) is 1.00. The van der Waals surface area contributed by atoms with Crippen LogP contribution < -0.4 is 5.32 Å². The van der Waals surface area contributed by atoms with Crippen LogP contribution in [0.2, 0.25) is 0 Å². The number of rotatable bonds is 4. The number of hydrogen-bond acceptors (Lipinski definition) is 2. The van der Waals surface area contributed by atoms with Gasteiger partial charge in [0.05, 0.1) is 6.10 Å². The molecule has 0 aromatic rings. The van der Waals surface area contributed by atoms with Gasteiger partial charge in [-0.15, -0.1) is 0 Å². The number of hydrogen-bond donors (Lipinski definition) is 2. The minimum atomic E-state index is -0.317. The first-order chi connectivity index (χ1) is 5.84. The quantitative estimate of drug-likeness (QED) is 0.627. The standard InChI is InChI=1S/C9H18FNO/c10-5-6-11-7-8-3-1-2-4-9(8)12/h8-9,11-12H,1-7H2. The Labute approximate surface area is 73.2 Å². The third-order valence-corrected chi connectivity index (χ3v) is 2.55. The van der Waals surface area contributed by atoms with Crippen LogP contribution in [0.25, 0.3) is 0 Å². The van der Waals surface area contributed by atoms with Crippen LogP contribution in [0.1, 0.15) is 25.7 Å². The second-order valence-corrected chi connectivity index (χ2v) is 3.50. The summed E-state index contributed by atoms with van der Waals surface area (Å²) in [7, 11) is 0. The summed E-state index contributed by atoms with van der Waals surface area (Å²) < 4.78 is 11.7. The maximum absolute atomic E-state index is 11.7. The van der Waals surface area contributed by atoms with E-state index in [9.17, 15) is 9.50 Å². The van der Waals surface area contributed by atoms with E-state index in [1.54, 1.807) is 0 Å². The molecule has 0 heterocycles. The lowest BCUT2D eigenvalue weighted by Crippen LogP contribution is -2.34. The number of alkyl halides is 1. The summed E-state index contributed by atoms with van der Waals surface area (Å²) in [5, 5.41) is 12.5. The molecular weight excluding hydrogens is 157 g/mol. The Morgan fingerprint density at radius 2 is 2.08 bits per heavy atom. The molecule has 2 atom stereocenters. The van der Waals surface area contributed by atoms with Gasteiger partial charge < -0.3 is 10.4 Å². The summed E-state index contributed by atoms with van der Waals surface area (Å²) in [6.07, 6.45) is 4.19. The molecule has 1 fully saturated rings. The molecule has 1 rings (SSSR count). The van der Waals surface area contributed by atoms with Gasteiger partial charge in [-0.05, 0) is 18.8 Å². The fourth-order valence-electron chi connectivity index (χ4n) is 1.78. The molecule has 0 spiro atoms. The lowest BCUT2D eigenvalue weighted by Gasteiger charge is -2.27. The van der Waals surface area contributed by atoms with Crippen LogP contribution in [0.3, 0.4) is 0 Å². The van der Waals surface area contributed by atoms with Crippen molar-refractivity contribution >= 4 is 0 Å². The molecule has 0 aromatic heterocycles. The largest absolute Gasteiger partial charge is 0.393 e. The zero-order chi connectivity index (χ0) is 8.81. The zero-order valence-electron chi connectivity index (χ0n) is 7.43. The van der Waals surface area contributed by atoms with Gasteiger partial charge in [0.2, 0.25) is 0 Å². The number of halogens is 1. The van der Waals surface area contributed by atoms with E-state index in [0.29, 0.717) is 12.5 Å². The monoisotopic (exact) mass is 175 g/mol. The molecule has 2 unspecified atom stereocenters. The molecule has 3 heteroatoms. The molecule has 0 amide bonds. The van der Waals surface area contributed by atoms with Crippen LogP contribution in [-0.4, -0.2) is 31.0 Å². The minimum Gasteiger partial charge on any atom is -0.393 e. The van der Waals surface area contributed by atoms with Gasteiger partial charge in [-0.3, -0.25) is 0 Å². The Balaban J connectivity index is 2.11. The Hall–Kier alpha value is -0.150. The molecule has 2 N–H and O–H groups in total. The van der Waals surface area contributed by atoms with E-state index in [2.05, 4.69) is 5.32 Å². The lowest BCUT2D eigenvalue weighted by molar-refractivity contribution is 0.0695. The molecule has 12 heavy (non-hydrogen) atoms. The summed E-state index contributed by atoms with van der Waals surface area (Å²) in [5.74, 6) is 0.352. The minimum absolute atomic E-state index is 0.161. The van der Waals surface area contributed by atoms with Crippen LogP contribution in [0.4, 0.5) is 4.39 Å². The van der Waals surface area contributed by atoms with Crippen LogP contribution in [0.5, 0.6) is 0 Å². The van der Waals surface area contributed by atoms with Gasteiger partial charge in [0, 0.05) is 13.1 Å². The van der Waals surface area contributed by atoms with Crippen LogP contribution in [0, 0.1) is 5.92 Å². The maximum atomic E-state index is 11.7. The highest BCUT2D eigenvalue weighted by molar-refractivity contribution is 4.75. The van der Waals surface area contributed by atoms with Gasteiger partial charge in [-0.2, -0.15) is 0 Å². The van der Waals surface area contributed by atoms with Gasteiger partial charge in [0.1, 0.15) is 6.67 Å². The van der Waals surface area contributed by atoms with Crippen molar-refractivity contribution in [2.24, 2.45) is 5.92 Å². The molecule has 1 aliphatic carbocycles. The molecule has 1 saturated carbocycles. The molecule has 0 radical (unpaired) electrons. The highest BCUT2D eigenvalue weighted by Crippen LogP contribution is 2.23. The van der Waals surface area contributed by atoms with Crippen molar-refractivity contribution in [2.45, 2.75) is 31.8 Å². The SMILES string of the molecule is OC1CCCCC1CNCCF. The molecule has 0 saturated heterocycles.